The van der Waals surface area contributed by atoms with Gasteiger partial charge in [0.25, 0.3) is 0 Å². The number of ether oxygens (including phenoxy) is 2. The standard InChI is InChI=1S/C17H26N2O2/c1-2-18-12-14-5-6-16(13-19-14)21-15-7-10-20-17(11-15)8-3-4-9-17/h5-6,13,15,18H,2-4,7-12H2,1H3. The summed E-state index contributed by atoms with van der Waals surface area (Å²) in [5.41, 5.74) is 1.17. The Bertz CT molecular complexity index is 441. The van der Waals surface area contributed by atoms with Gasteiger partial charge < -0.3 is 14.8 Å². The molecule has 1 unspecified atom stereocenters. The fourth-order valence-electron chi connectivity index (χ4n) is 3.48. The number of nitrogens with one attached hydrogen (secondary N) is 1. The Kier molecular flexibility index (Phi) is 4.76. The molecule has 0 aromatic carbocycles. The first-order valence-corrected chi connectivity index (χ1v) is 8.26. The van der Waals surface area contributed by atoms with Crippen LogP contribution >= 0.6 is 0 Å². The minimum absolute atomic E-state index is 0.112. The quantitative estimate of drug-likeness (QED) is 0.905. The van der Waals surface area contributed by atoms with Crippen LogP contribution in [0.2, 0.25) is 0 Å². The molecule has 1 atom stereocenters. The zero-order valence-electron chi connectivity index (χ0n) is 12.9. The maximum absolute atomic E-state index is 6.14. The molecule has 4 heteroatoms. The highest BCUT2D eigenvalue weighted by molar-refractivity contribution is 5.20. The lowest BCUT2D eigenvalue weighted by atomic mass is 9.90. The van der Waals surface area contributed by atoms with E-state index in [-0.39, 0.29) is 11.7 Å². The average molecular weight is 290 g/mol. The van der Waals surface area contributed by atoms with E-state index in [0.29, 0.717) is 0 Å². The highest BCUT2D eigenvalue weighted by Crippen LogP contribution is 2.40. The maximum atomic E-state index is 6.14. The molecular formula is C17H26N2O2. The first-order chi connectivity index (χ1) is 10.3. The van der Waals surface area contributed by atoms with Crippen LogP contribution in [0.4, 0.5) is 0 Å². The molecule has 0 bridgehead atoms. The van der Waals surface area contributed by atoms with Crippen LogP contribution in [0.5, 0.6) is 5.75 Å². The van der Waals surface area contributed by atoms with E-state index in [9.17, 15) is 0 Å². The topological polar surface area (TPSA) is 43.4 Å². The molecule has 2 fully saturated rings. The molecule has 1 aromatic rings. The third-order valence-electron chi connectivity index (χ3n) is 4.62. The van der Waals surface area contributed by atoms with Crippen molar-refractivity contribution in [2.75, 3.05) is 13.2 Å². The Morgan fingerprint density at radius 3 is 2.95 bits per heavy atom. The van der Waals surface area contributed by atoms with Gasteiger partial charge in [-0.15, -0.1) is 0 Å². The van der Waals surface area contributed by atoms with Crippen LogP contribution in [0, 0.1) is 0 Å². The molecule has 1 saturated carbocycles. The fraction of sp³-hybridized carbons (Fsp3) is 0.706. The lowest BCUT2D eigenvalue weighted by molar-refractivity contribution is -0.108. The van der Waals surface area contributed by atoms with Crippen LogP contribution in [0.15, 0.2) is 18.3 Å². The zero-order valence-corrected chi connectivity index (χ0v) is 12.9. The predicted molar refractivity (Wildman–Crippen MR) is 82.4 cm³/mol. The predicted octanol–water partition coefficient (Wildman–Crippen LogP) is 3.06. The Morgan fingerprint density at radius 2 is 2.24 bits per heavy atom. The summed E-state index contributed by atoms with van der Waals surface area (Å²) in [6.45, 7) is 4.71. The van der Waals surface area contributed by atoms with Crippen molar-refractivity contribution in [1.29, 1.82) is 0 Å². The van der Waals surface area contributed by atoms with Crippen molar-refractivity contribution in [2.24, 2.45) is 0 Å². The summed E-state index contributed by atoms with van der Waals surface area (Å²) in [5, 5.41) is 3.28. The van der Waals surface area contributed by atoms with Crippen molar-refractivity contribution in [3.05, 3.63) is 24.0 Å². The van der Waals surface area contributed by atoms with Gasteiger partial charge in [-0.1, -0.05) is 19.8 Å². The summed E-state index contributed by atoms with van der Waals surface area (Å²) < 4.78 is 12.2. The third kappa shape index (κ3) is 3.74. The average Bonchev–Trinajstić information content (AvgIpc) is 2.94. The largest absolute Gasteiger partial charge is 0.489 e. The van der Waals surface area contributed by atoms with Crippen LogP contribution in [0.1, 0.15) is 51.1 Å². The summed E-state index contributed by atoms with van der Waals surface area (Å²) in [6, 6.07) is 4.08. The van der Waals surface area contributed by atoms with Gasteiger partial charge in [-0.25, -0.2) is 0 Å². The van der Waals surface area contributed by atoms with E-state index in [1.165, 1.54) is 25.7 Å². The van der Waals surface area contributed by atoms with E-state index in [4.69, 9.17) is 9.47 Å². The highest BCUT2D eigenvalue weighted by Gasteiger charge is 2.40. The van der Waals surface area contributed by atoms with Crippen LogP contribution < -0.4 is 10.1 Å². The lowest BCUT2D eigenvalue weighted by Crippen LogP contribution is -2.41. The molecule has 1 N–H and O–H groups in total. The summed E-state index contributed by atoms with van der Waals surface area (Å²) in [7, 11) is 0. The first-order valence-electron chi connectivity index (χ1n) is 8.26. The molecule has 1 aliphatic carbocycles. The van der Waals surface area contributed by atoms with Gasteiger partial charge in [-0.3, -0.25) is 4.98 Å². The molecule has 3 rings (SSSR count). The van der Waals surface area contributed by atoms with Crippen LogP contribution in [0.25, 0.3) is 0 Å². The van der Waals surface area contributed by atoms with E-state index in [1.807, 2.05) is 18.3 Å². The molecule has 2 aliphatic rings. The smallest absolute Gasteiger partial charge is 0.138 e. The molecule has 2 heterocycles. The molecule has 1 saturated heterocycles. The number of nitrogens with zero attached hydrogens (tertiary/aromatic N) is 1. The lowest BCUT2D eigenvalue weighted by Gasteiger charge is -2.38. The number of hydrogen-bond acceptors (Lipinski definition) is 4. The van der Waals surface area contributed by atoms with Crippen molar-refractivity contribution < 1.29 is 9.47 Å². The van der Waals surface area contributed by atoms with Crippen molar-refractivity contribution in [3.63, 3.8) is 0 Å². The van der Waals surface area contributed by atoms with Gasteiger partial charge in [0.2, 0.25) is 0 Å². The normalized spacial score (nSPS) is 24.3. The summed E-state index contributed by atoms with van der Waals surface area (Å²) >= 11 is 0. The molecule has 0 radical (unpaired) electrons. The Morgan fingerprint density at radius 1 is 1.38 bits per heavy atom. The SMILES string of the molecule is CCNCc1ccc(OC2CCOC3(CCCC3)C2)cn1. The van der Waals surface area contributed by atoms with Crippen LogP contribution in [-0.4, -0.2) is 29.8 Å². The second-order valence-corrected chi connectivity index (χ2v) is 6.24. The Hall–Kier alpha value is -1.13. The number of rotatable bonds is 5. The van der Waals surface area contributed by atoms with Crippen molar-refractivity contribution in [3.8, 4) is 5.75 Å². The summed E-state index contributed by atoms with van der Waals surface area (Å²) in [4.78, 5) is 4.45. The molecule has 1 aromatic heterocycles. The van der Waals surface area contributed by atoms with E-state index in [0.717, 1.165) is 44.0 Å². The molecule has 21 heavy (non-hydrogen) atoms. The number of hydrogen-bond donors (Lipinski definition) is 1. The second-order valence-electron chi connectivity index (χ2n) is 6.24. The minimum atomic E-state index is 0.112. The minimum Gasteiger partial charge on any atom is -0.489 e. The molecule has 1 aliphatic heterocycles. The van der Waals surface area contributed by atoms with E-state index in [1.54, 1.807) is 0 Å². The van der Waals surface area contributed by atoms with Gasteiger partial charge in [0, 0.05) is 19.4 Å². The molecule has 4 nitrogen and oxygen atoms in total. The van der Waals surface area contributed by atoms with Gasteiger partial charge in [-0.05, 0) is 31.5 Å². The van der Waals surface area contributed by atoms with Gasteiger partial charge >= 0.3 is 0 Å². The number of pyridine rings is 1. The highest BCUT2D eigenvalue weighted by atomic mass is 16.5. The van der Waals surface area contributed by atoms with Crippen LogP contribution in [-0.2, 0) is 11.3 Å². The number of aromatic nitrogens is 1. The van der Waals surface area contributed by atoms with E-state index < -0.39 is 0 Å². The first kappa shape index (κ1) is 14.8. The van der Waals surface area contributed by atoms with Crippen molar-refractivity contribution in [2.45, 2.75) is 63.7 Å². The fourth-order valence-corrected chi connectivity index (χ4v) is 3.48. The van der Waals surface area contributed by atoms with Gasteiger partial charge in [0.15, 0.2) is 0 Å². The zero-order chi connectivity index (χ0) is 14.5. The Labute approximate surface area is 127 Å². The van der Waals surface area contributed by atoms with Crippen molar-refractivity contribution >= 4 is 0 Å². The van der Waals surface area contributed by atoms with E-state index >= 15 is 0 Å². The third-order valence-corrected chi connectivity index (χ3v) is 4.62. The van der Waals surface area contributed by atoms with E-state index in [2.05, 4.69) is 17.2 Å². The summed E-state index contributed by atoms with van der Waals surface area (Å²) in [6.07, 6.45) is 9.15. The van der Waals surface area contributed by atoms with Gasteiger partial charge in [-0.2, -0.15) is 0 Å². The maximum Gasteiger partial charge on any atom is 0.138 e. The molecular weight excluding hydrogens is 264 g/mol. The summed E-state index contributed by atoms with van der Waals surface area (Å²) in [5.74, 6) is 0.885. The van der Waals surface area contributed by atoms with Gasteiger partial charge in [0.05, 0.1) is 24.1 Å². The Balaban J connectivity index is 1.55. The monoisotopic (exact) mass is 290 g/mol. The molecule has 0 amide bonds. The van der Waals surface area contributed by atoms with Crippen LogP contribution in [0.3, 0.4) is 0 Å². The second kappa shape index (κ2) is 6.75. The van der Waals surface area contributed by atoms with Gasteiger partial charge in [0.1, 0.15) is 11.9 Å². The molecule has 116 valence electrons. The van der Waals surface area contributed by atoms with Crippen molar-refractivity contribution in [1.82, 2.24) is 10.3 Å². The molecule has 1 spiro atoms.